The Labute approximate surface area is 122 Å². The molecule has 2 N–H and O–H groups in total. The molecule has 18 heavy (non-hydrogen) atoms. The Balaban J connectivity index is 0.00000162. The Hall–Kier alpha value is -0.580. The molecule has 3 nitrogen and oxygen atoms in total. The van der Waals surface area contributed by atoms with Gasteiger partial charge in [-0.05, 0) is 43.6 Å². The summed E-state index contributed by atoms with van der Waals surface area (Å²) < 4.78 is 1.02. The van der Waals surface area contributed by atoms with Crippen molar-refractivity contribution in [3.05, 3.63) is 28.2 Å². The van der Waals surface area contributed by atoms with Crippen molar-refractivity contribution in [3.8, 4) is 0 Å². The minimum atomic E-state index is 0. The van der Waals surface area contributed by atoms with Crippen LogP contribution in [-0.2, 0) is 4.79 Å². The summed E-state index contributed by atoms with van der Waals surface area (Å²) in [5, 5.41) is 6.15. The van der Waals surface area contributed by atoms with Crippen molar-refractivity contribution in [2.45, 2.75) is 13.8 Å². The van der Waals surface area contributed by atoms with Crippen molar-refractivity contribution in [2.24, 2.45) is 11.8 Å². The standard InChI is InChI=1S/C13H17BrN2O.ClH/c1-8-3-4-11(5-12(8)14)16-13(17)9(2)10-6-15-7-10;/h3-5,9-10,15H,6-7H2,1-2H3,(H,16,17);1H. The van der Waals surface area contributed by atoms with E-state index in [0.717, 1.165) is 23.2 Å². The number of halogens is 2. The Morgan fingerprint density at radius 2 is 2.17 bits per heavy atom. The molecule has 0 spiro atoms. The van der Waals surface area contributed by atoms with Crippen LogP contribution in [0.25, 0.3) is 0 Å². The summed E-state index contributed by atoms with van der Waals surface area (Å²) in [4.78, 5) is 12.0. The van der Waals surface area contributed by atoms with Gasteiger partial charge in [0, 0.05) is 16.1 Å². The average Bonchev–Trinajstić information content (AvgIpc) is 2.21. The Bertz CT molecular complexity index is 435. The zero-order chi connectivity index (χ0) is 12.4. The molecule has 1 unspecified atom stereocenters. The second kappa shape index (κ2) is 6.55. The third-order valence-electron chi connectivity index (χ3n) is 3.37. The lowest BCUT2D eigenvalue weighted by atomic mass is 9.88. The molecule has 1 aromatic carbocycles. The molecule has 0 bridgehead atoms. The van der Waals surface area contributed by atoms with Crippen molar-refractivity contribution in [1.29, 1.82) is 0 Å². The third-order valence-corrected chi connectivity index (χ3v) is 4.23. The van der Waals surface area contributed by atoms with Crippen LogP contribution in [-0.4, -0.2) is 19.0 Å². The smallest absolute Gasteiger partial charge is 0.227 e. The minimum Gasteiger partial charge on any atom is -0.326 e. The molecule has 1 saturated heterocycles. The van der Waals surface area contributed by atoms with E-state index in [1.54, 1.807) is 0 Å². The van der Waals surface area contributed by atoms with Crippen molar-refractivity contribution in [3.63, 3.8) is 0 Å². The summed E-state index contributed by atoms with van der Waals surface area (Å²) in [6, 6.07) is 5.87. The molecular formula is C13H18BrClN2O. The molecule has 100 valence electrons. The van der Waals surface area contributed by atoms with E-state index in [0.29, 0.717) is 5.92 Å². The molecular weight excluding hydrogens is 316 g/mol. The summed E-state index contributed by atoms with van der Waals surface area (Å²) in [6.07, 6.45) is 0. The number of hydrogen-bond acceptors (Lipinski definition) is 2. The second-order valence-electron chi connectivity index (χ2n) is 4.66. The highest BCUT2D eigenvalue weighted by Crippen LogP contribution is 2.22. The number of carbonyl (C=O) groups excluding carboxylic acids is 1. The van der Waals surface area contributed by atoms with Gasteiger partial charge in [0.05, 0.1) is 0 Å². The van der Waals surface area contributed by atoms with Crippen molar-refractivity contribution >= 4 is 39.9 Å². The summed E-state index contributed by atoms with van der Waals surface area (Å²) >= 11 is 3.47. The van der Waals surface area contributed by atoms with Crippen LogP contribution < -0.4 is 10.6 Å². The quantitative estimate of drug-likeness (QED) is 0.893. The summed E-state index contributed by atoms with van der Waals surface area (Å²) in [5.74, 6) is 0.646. The van der Waals surface area contributed by atoms with Gasteiger partial charge in [-0.1, -0.05) is 28.9 Å². The van der Waals surface area contributed by atoms with Crippen LogP contribution in [0, 0.1) is 18.8 Å². The first-order valence-corrected chi connectivity index (χ1v) is 6.65. The molecule has 1 aliphatic heterocycles. The first-order chi connectivity index (χ1) is 8.08. The van der Waals surface area contributed by atoms with E-state index >= 15 is 0 Å². The average molecular weight is 334 g/mol. The van der Waals surface area contributed by atoms with Crippen LogP contribution in [0.5, 0.6) is 0 Å². The zero-order valence-electron chi connectivity index (χ0n) is 10.5. The number of rotatable bonds is 3. The van der Waals surface area contributed by atoms with E-state index in [2.05, 4.69) is 26.6 Å². The van der Waals surface area contributed by atoms with Gasteiger partial charge in [0.1, 0.15) is 0 Å². The molecule has 1 amide bonds. The highest BCUT2D eigenvalue weighted by molar-refractivity contribution is 9.10. The van der Waals surface area contributed by atoms with E-state index in [-0.39, 0.29) is 24.2 Å². The molecule has 1 atom stereocenters. The van der Waals surface area contributed by atoms with Crippen LogP contribution in [0.15, 0.2) is 22.7 Å². The van der Waals surface area contributed by atoms with Gasteiger partial charge in [-0.3, -0.25) is 4.79 Å². The fraction of sp³-hybridized carbons (Fsp3) is 0.462. The molecule has 0 aliphatic carbocycles. The number of hydrogen-bond donors (Lipinski definition) is 2. The highest BCUT2D eigenvalue weighted by Gasteiger charge is 2.28. The fourth-order valence-corrected chi connectivity index (χ4v) is 2.18. The van der Waals surface area contributed by atoms with Crippen LogP contribution in [0.2, 0.25) is 0 Å². The van der Waals surface area contributed by atoms with E-state index in [9.17, 15) is 4.79 Å². The third kappa shape index (κ3) is 3.46. The molecule has 5 heteroatoms. The predicted octanol–water partition coefficient (Wildman–Crippen LogP) is 2.97. The summed E-state index contributed by atoms with van der Waals surface area (Å²) in [6.45, 7) is 5.92. The second-order valence-corrected chi connectivity index (χ2v) is 5.51. The first kappa shape index (κ1) is 15.5. The molecule has 0 saturated carbocycles. The highest BCUT2D eigenvalue weighted by atomic mass is 79.9. The number of aryl methyl sites for hydroxylation is 1. The van der Waals surface area contributed by atoms with Crippen molar-refractivity contribution < 1.29 is 4.79 Å². The molecule has 1 aliphatic rings. The van der Waals surface area contributed by atoms with Crippen LogP contribution in [0.1, 0.15) is 12.5 Å². The van der Waals surface area contributed by atoms with Gasteiger partial charge in [-0.25, -0.2) is 0 Å². The Kier molecular flexibility index (Phi) is 5.63. The maximum Gasteiger partial charge on any atom is 0.227 e. The zero-order valence-corrected chi connectivity index (χ0v) is 12.9. The Morgan fingerprint density at radius 1 is 1.50 bits per heavy atom. The number of anilines is 1. The molecule has 0 radical (unpaired) electrons. The van der Waals surface area contributed by atoms with E-state index in [4.69, 9.17) is 0 Å². The lowest BCUT2D eigenvalue weighted by Gasteiger charge is -2.31. The van der Waals surface area contributed by atoms with Gasteiger partial charge in [0.15, 0.2) is 0 Å². The molecule has 0 aromatic heterocycles. The Morgan fingerprint density at radius 3 is 2.67 bits per heavy atom. The fourth-order valence-electron chi connectivity index (χ4n) is 1.81. The minimum absolute atomic E-state index is 0. The maximum absolute atomic E-state index is 12.0. The number of carbonyl (C=O) groups is 1. The van der Waals surface area contributed by atoms with Crippen molar-refractivity contribution in [2.75, 3.05) is 18.4 Å². The van der Waals surface area contributed by atoms with Gasteiger partial charge in [0.2, 0.25) is 5.91 Å². The first-order valence-electron chi connectivity index (χ1n) is 5.85. The number of amides is 1. The lowest BCUT2D eigenvalue weighted by molar-refractivity contribution is -0.121. The van der Waals surface area contributed by atoms with Gasteiger partial charge >= 0.3 is 0 Å². The van der Waals surface area contributed by atoms with Crippen LogP contribution in [0.3, 0.4) is 0 Å². The van der Waals surface area contributed by atoms with E-state index in [1.165, 1.54) is 5.56 Å². The molecule has 1 aromatic rings. The monoisotopic (exact) mass is 332 g/mol. The molecule has 1 heterocycles. The van der Waals surface area contributed by atoms with E-state index < -0.39 is 0 Å². The van der Waals surface area contributed by atoms with Crippen LogP contribution >= 0.6 is 28.3 Å². The van der Waals surface area contributed by atoms with Gasteiger partial charge in [-0.15, -0.1) is 12.4 Å². The largest absolute Gasteiger partial charge is 0.326 e. The maximum atomic E-state index is 12.0. The SMILES string of the molecule is Cc1ccc(NC(=O)C(C)C2CNC2)cc1Br.Cl. The van der Waals surface area contributed by atoms with Gasteiger partial charge < -0.3 is 10.6 Å². The molecule has 2 rings (SSSR count). The summed E-state index contributed by atoms with van der Waals surface area (Å²) in [7, 11) is 0. The van der Waals surface area contributed by atoms with Crippen LogP contribution in [0.4, 0.5) is 5.69 Å². The number of nitrogens with one attached hydrogen (secondary N) is 2. The molecule has 1 fully saturated rings. The lowest BCUT2D eigenvalue weighted by Crippen LogP contribution is -2.48. The van der Waals surface area contributed by atoms with E-state index in [1.807, 2.05) is 32.0 Å². The van der Waals surface area contributed by atoms with Gasteiger partial charge in [0.25, 0.3) is 0 Å². The summed E-state index contributed by atoms with van der Waals surface area (Å²) in [5.41, 5.74) is 2.02. The van der Waals surface area contributed by atoms with Gasteiger partial charge in [-0.2, -0.15) is 0 Å². The van der Waals surface area contributed by atoms with Crippen molar-refractivity contribution in [1.82, 2.24) is 5.32 Å². The predicted molar refractivity (Wildman–Crippen MR) is 80.3 cm³/mol. The normalized spacial score (nSPS) is 16.4. The number of benzene rings is 1. The topological polar surface area (TPSA) is 41.1 Å².